The summed E-state index contributed by atoms with van der Waals surface area (Å²) in [5, 5.41) is 7.11. The van der Waals surface area contributed by atoms with Crippen molar-refractivity contribution in [1.29, 1.82) is 0 Å². The van der Waals surface area contributed by atoms with Crippen LogP contribution >= 0.6 is 34.8 Å². The summed E-state index contributed by atoms with van der Waals surface area (Å²) in [6.45, 7) is 0.259. The van der Waals surface area contributed by atoms with Gasteiger partial charge in [-0.2, -0.15) is 0 Å². The van der Waals surface area contributed by atoms with Crippen molar-refractivity contribution in [2.75, 3.05) is 10.6 Å². The number of anilines is 2. The highest BCUT2D eigenvalue weighted by molar-refractivity contribution is 6.42. The lowest BCUT2D eigenvalue weighted by Gasteiger charge is -2.11. The van der Waals surface area contributed by atoms with Crippen LogP contribution < -0.4 is 16.2 Å². The molecule has 1 amide bonds. The summed E-state index contributed by atoms with van der Waals surface area (Å²) in [6.07, 6.45) is 1.55. The largest absolute Gasteiger partial charge is 0.376 e. The predicted octanol–water partition coefficient (Wildman–Crippen LogP) is 5.06. The molecule has 0 aliphatic carbocycles. The zero-order chi connectivity index (χ0) is 20.1. The SMILES string of the molecule is O=C(Cn1cccc(NCc2ccccc2Cl)c1=O)Nc1ccc(Cl)c(Cl)c1. The first-order valence-electron chi connectivity index (χ1n) is 8.35. The van der Waals surface area contributed by atoms with Crippen LogP contribution in [0.5, 0.6) is 0 Å². The van der Waals surface area contributed by atoms with Gasteiger partial charge in [0.05, 0.1) is 10.0 Å². The summed E-state index contributed by atoms with van der Waals surface area (Å²) in [7, 11) is 0. The van der Waals surface area contributed by atoms with Gasteiger partial charge in [-0.1, -0.05) is 53.0 Å². The smallest absolute Gasteiger partial charge is 0.274 e. The standard InChI is InChI=1S/C20H16Cl3N3O2/c21-15-5-2-1-4-13(15)11-24-18-6-3-9-26(20(18)28)12-19(27)25-14-7-8-16(22)17(23)10-14/h1-10,24H,11-12H2,(H,25,27). The van der Waals surface area contributed by atoms with Crippen molar-refractivity contribution in [3.8, 4) is 0 Å². The number of rotatable bonds is 6. The molecule has 8 heteroatoms. The summed E-state index contributed by atoms with van der Waals surface area (Å²) in [5.74, 6) is -0.358. The summed E-state index contributed by atoms with van der Waals surface area (Å²) in [6, 6.07) is 15.5. The van der Waals surface area contributed by atoms with Crippen molar-refractivity contribution >= 4 is 52.1 Å². The lowest BCUT2D eigenvalue weighted by atomic mass is 10.2. The van der Waals surface area contributed by atoms with Gasteiger partial charge in [-0.25, -0.2) is 0 Å². The Balaban J connectivity index is 1.68. The first kappa shape index (κ1) is 20.3. The minimum absolute atomic E-state index is 0.138. The monoisotopic (exact) mass is 435 g/mol. The zero-order valence-electron chi connectivity index (χ0n) is 14.6. The Hall–Kier alpha value is -2.47. The lowest BCUT2D eigenvalue weighted by Crippen LogP contribution is -2.28. The van der Waals surface area contributed by atoms with Gasteiger partial charge >= 0.3 is 0 Å². The fourth-order valence-electron chi connectivity index (χ4n) is 2.56. The van der Waals surface area contributed by atoms with Crippen LogP contribution in [0.1, 0.15) is 5.56 Å². The lowest BCUT2D eigenvalue weighted by molar-refractivity contribution is -0.116. The van der Waals surface area contributed by atoms with Gasteiger partial charge in [-0.15, -0.1) is 0 Å². The van der Waals surface area contributed by atoms with E-state index in [1.165, 1.54) is 4.57 Å². The van der Waals surface area contributed by atoms with E-state index in [0.29, 0.717) is 33.0 Å². The number of nitrogens with one attached hydrogen (secondary N) is 2. The summed E-state index contributed by atoms with van der Waals surface area (Å²) in [5.41, 5.74) is 1.44. The van der Waals surface area contributed by atoms with Crippen LogP contribution in [-0.4, -0.2) is 10.5 Å². The molecule has 0 aliphatic heterocycles. The van der Waals surface area contributed by atoms with Crippen LogP contribution in [0, 0.1) is 0 Å². The van der Waals surface area contributed by atoms with Gasteiger partial charge in [0, 0.05) is 23.5 Å². The maximum absolute atomic E-state index is 12.6. The molecule has 0 saturated heterocycles. The van der Waals surface area contributed by atoms with Crippen molar-refractivity contribution in [3.63, 3.8) is 0 Å². The molecule has 0 radical (unpaired) electrons. The molecular weight excluding hydrogens is 421 g/mol. The molecule has 2 N–H and O–H groups in total. The number of aromatic nitrogens is 1. The number of carbonyl (C=O) groups excluding carboxylic acids is 1. The van der Waals surface area contributed by atoms with E-state index in [-0.39, 0.29) is 18.0 Å². The molecule has 28 heavy (non-hydrogen) atoms. The van der Waals surface area contributed by atoms with E-state index in [1.54, 1.807) is 42.6 Å². The average Bonchev–Trinajstić information content (AvgIpc) is 2.66. The molecule has 0 atom stereocenters. The van der Waals surface area contributed by atoms with Crippen molar-refractivity contribution in [1.82, 2.24) is 4.57 Å². The maximum Gasteiger partial charge on any atom is 0.274 e. The Kier molecular flexibility index (Phi) is 6.62. The van der Waals surface area contributed by atoms with E-state index in [0.717, 1.165) is 5.56 Å². The number of carbonyl (C=O) groups is 1. The number of halogens is 3. The Bertz CT molecular complexity index is 1070. The fourth-order valence-corrected chi connectivity index (χ4v) is 3.06. The molecule has 3 rings (SSSR count). The first-order chi connectivity index (χ1) is 13.4. The minimum Gasteiger partial charge on any atom is -0.376 e. The molecule has 2 aromatic carbocycles. The molecule has 0 unspecified atom stereocenters. The number of hydrogen-bond donors (Lipinski definition) is 2. The molecule has 3 aromatic rings. The molecule has 1 heterocycles. The minimum atomic E-state index is -0.358. The summed E-state index contributed by atoms with van der Waals surface area (Å²) in [4.78, 5) is 24.9. The van der Waals surface area contributed by atoms with Crippen molar-refractivity contribution < 1.29 is 4.79 Å². The molecular formula is C20H16Cl3N3O2. The van der Waals surface area contributed by atoms with Crippen LogP contribution in [-0.2, 0) is 17.9 Å². The third-order valence-electron chi connectivity index (χ3n) is 3.96. The van der Waals surface area contributed by atoms with Gasteiger partial charge in [0.15, 0.2) is 0 Å². The topological polar surface area (TPSA) is 63.1 Å². The van der Waals surface area contributed by atoms with Crippen LogP contribution in [0.4, 0.5) is 11.4 Å². The van der Waals surface area contributed by atoms with E-state index >= 15 is 0 Å². The highest BCUT2D eigenvalue weighted by atomic mass is 35.5. The average molecular weight is 437 g/mol. The second kappa shape index (κ2) is 9.15. The number of pyridine rings is 1. The molecule has 0 bridgehead atoms. The maximum atomic E-state index is 12.6. The Morgan fingerprint density at radius 2 is 1.71 bits per heavy atom. The quantitative estimate of drug-likeness (QED) is 0.568. The highest BCUT2D eigenvalue weighted by Crippen LogP contribution is 2.25. The van der Waals surface area contributed by atoms with Crippen LogP contribution in [0.25, 0.3) is 0 Å². The van der Waals surface area contributed by atoms with Gasteiger partial charge in [0.2, 0.25) is 5.91 Å². The second-order valence-corrected chi connectivity index (χ2v) is 7.20. The van der Waals surface area contributed by atoms with E-state index in [2.05, 4.69) is 10.6 Å². The van der Waals surface area contributed by atoms with Gasteiger partial charge in [-0.3, -0.25) is 9.59 Å². The van der Waals surface area contributed by atoms with Gasteiger partial charge in [0.25, 0.3) is 5.56 Å². The summed E-state index contributed by atoms with van der Waals surface area (Å²) < 4.78 is 1.32. The van der Waals surface area contributed by atoms with Crippen LogP contribution in [0.3, 0.4) is 0 Å². The third-order valence-corrected chi connectivity index (χ3v) is 5.07. The molecule has 144 valence electrons. The molecule has 0 saturated carbocycles. The molecule has 0 aliphatic rings. The predicted molar refractivity (Wildman–Crippen MR) is 115 cm³/mol. The Morgan fingerprint density at radius 3 is 2.46 bits per heavy atom. The first-order valence-corrected chi connectivity index (χ1v) is 9.49. The third kappa shape index (κ3) is 5.07. The second-order valence-electron chi connectivity index (χ2n) is 5.98. The van der Waals surface area contributed by atoms with Gasteiger partial charge in [0.1, 0.15) is 12.2 Å². The molecule has 5 nitrogen and oxygen atoms in total. The van der Waals surface area contributed by atoms with Crippen LogP contribution in [0.15, 0.2) is 65.6 Å². The van der Waals surface area contributed by atoms with Crippen molar-refractivity contribution in [3.05, 3.63) is 91.8 Å². The van der Waals surface area contributed by atoms with Crippen molar-refractivity contribution in [2.24, 2.45) is 0 Å². The van der Waals surface area contributed by atoms with Gasteiger partial charge < -0.3 is 15.2 Å². The highest BCUT2D eigenvalue weighted by Gasteiger charge is 2.09. The van der Waals surface area contributed by atoms with E-state index < -0.39 is 0 Å². The normalized spacial score (nSPS) is 10.5. The van der Waals surface area contributed by atoms with Gasteiger partial charge in [-0.05, 0) is 42.0 Å². The Morgan fingerprint density at radius 1 is 0.929 bits per heavy atom. The van der Waals surface area contributed by atoms with Crippen molar-refractivity contribution in [2.45, 2.75) is 13.1 Å². The Labute approximate surface area is 176 Å². The zero-order valence-corrected chi connectivity index (χ0v) is 16.9. The van der Waals surface area contributed by atoms with Crippen LogP contribution in [0.2, 0.25) is 15.1 Å². The number of amides is 1. The number of hydrogen-bond acceptors (Lipinski definition) is 3. The number of nitrogens with zero attached hydrogens (tertiary/aromatic N) is 1. The fraction of sp³-hybridized carbons (Fsp3) is 0.100. The molecule has 0 spiro atoms. The summed E-state index contributed by atoms with van der Waals surface area (Å²) >= 11 is 17.9. The van der Waals surface area contributed by atoms with E-state index in [1.807, 2.05) is 18.2 Å². The van der Waals surface area contributed by atoms with E-state index in [4.69, 9.17) is 34.8 Å². The molecule has 0 fully saturated rings. The molecule has 1 aromatic heterocycles. The number of benzene rings is 2. The van der Waals surface area contributed by atoms with E-state index in [9.17, 15) is 9.59 Å².